The van der Waals surface area contributed by atoms with Crippen LogP contribution in [0.15, 0.2) is 77.7 Å². The number of amides is 1. The van der Waals surface area contributed by atoms with E-state index in [0.29, 0.717) is 29.9 Å². The first-order valence-electron chi connectivity index (χ1n) is 11.2. The maximum absolute atomic E-state index is 13.3. The van der Waals surface area contributed by atoms with Gasteiger partial charge in [0.25, 0.3) is 5.56 Å². The lowest BCUT2D eigenvalue weighted by Gasteiger charge is -2.19. The summed E-state index contributed by atoms with van der Waals surface area (Å²) >= 11 is 0. The van der Waals surface area contributed by atoms with E-state index in [1.54, 1.807) is 62.9 Å². The zero-order valence-electron chi connectivity index (χ0n) is 19.6. The minimum Gasteiger partial charge on any atom is -0.497 e. The van der Waals surface area contributed by atoms with Gasteiger partial charge in [0.2, 0.25) is 11.8 Å². The van der Waals surface area contributed by atoms with Gasteiger partial charge in [0, 0.05) is 25.1 Å². The number of hydrogen-bond acceptors (Lipinski definition) is 6. The molecule has 0 aliphatic rings. The molecule has 0 saturated heterocycles. The summed E-state index contributed by atoms with van der Waals surface area (Å²) in [6.07, 6.45) is 2.21. The maximum Gasteiger partial charge on any atom is 0.265 e. The third-order valence-electron chi connectivity index (χ3n) is 5.90. The predicted molar refractivity (Wildman–Crippen MR) is 132 cm³/mol. The number of carbonyl (C=O) groups is 1. The number of carbonyl (C=O) groups excluding carboxylic acids is 1. The van der Waals surface area contributed by atoms with E-state index in [1.165, 1.54) is 4.40 Å². The van der Waals surface area contributed by atoms with Gasteiger partial charge in [-0.15, -0.1) is 0 Å². The summed E-state index contributed by atoms with van der Waals surface area (Å²) in [6, 6.07) is 19.8. The first-order chi connectivity index (χ1) is 17.0. The Bertz CT molecular complexity index is 1360. The Hall–Kier alpha value is -4.33. The molecule has 180 valence electrons. The number of aromatic hydroxyl groups is 1. The number of pyridine rings is 1. The van der Waals surface area contributed by atoms with E-state index in [2.05, 4.69) is 10.3 Å². The maximum atomic E-state index is 13.3. The molecule has 0 radical (unpaired) electrons. The highest BCUT2D eigenvalue weighted by Gasteiger charge is 2.26. The van der Waals surface area contributed by atoms with Crippen LogP contribution in [-0.4, -0.2) is 41.2 Å². The molecule has 35 heavy (non-hydrogen) atoms. The van der Waals surface area contributed by atoms with Gasteiger partial charge in [-0.1, -0.05) is 30.3 Å². The van der Waals surface area contributed by atoms with Gasteiger partial charge < -0.3 is 19.9 Å². The van der Waals surface area contributed by atoms with Crippen LogP contribution < -0.4 is 20.3 Å². The minimum absolute atomic E-state index is 0.0294. The second kappa shape index (κ2) is 10.7. The molecule has 2 aromatic heterocycles. The monoisotopic (exact) mass is 473 g/mol. The molecule has 4 aromatic rings. The van der Waals surface area contributed by atoms with Crippen LogP contribution in [0, 0.1) is 0 Å². The molecule has 0 saturated carbocycles. The van der Waals surface area contributed by atoms with Crippen LogP contribution >= 0.6 is 0 Å². The molecule has 1 atom stereocenters. The van der Waals surface area contributed by atoms with Crippen molar-refractivity contribution >= 4 is 11.6 Å². The number of hydrogen-bond donors (Lipinski definition) is 2. The molecule has 2 aromatic carbocycles. The van der Waals surface area contributed by atoms with E-state index in [0.717, 1.165) is 11.3 Å². The molecular formula is C27H27N3O5. The average Bonchev–Trinajstić information content (AvgIpc) is 2.88. The molecular weight excluding hydrogens is 446 g/mol. The van der Waals surface area contributed by atoms with Crippen LogP contribution in [0.5, 0.6) is 17.4 Å². The molecule has 0 aliphatic carbocycles. The lowest BCUT2D eigenvalue weighted by Crippen LogP contribution is -2.30. The van der Waals surface area contributed by atoms with Crippen molar-refractivity contribution in [3.63, 3.8) is 0 Å². The van der Waals surface area contributed by atoms with E-state index in [1.807, 2.05) is 24.3 Å². The van der Waals surface area contributed by atoms with Crippen molar-refractivity contribution < 1.29 is 19.4 Å². The number of aromatic nitrogens is 2. The highest BCUT2D eigenvalue weighted by molar-refractivity contribution is 5.77. The minimum atomic E-state index is -0.695. The number of nitrogens with zero attached hydrogens (tertiary/aromatic N) is 2. The van der Waals surface area contributed by atoms with Crippen LogP contribution in [0.3, 0.4) is 0 Å². The largest absolute Gasteiger partial charge is 0.497 e. The highest BCUT2D eigenvalue weighted by Crippen LogP contribution is 2.32. The molecule has 2 N–H and O–H groups in total. The Morgan fingerprint density at radius 1 is 1.00 bits per heavy atom. The summed E-state index contributed by atoms with van der Waals surface area (Å²) in [5.41, 5.74) is 1.74. The fourth-order valence-corrected chi connectivity index (χ4v) is 4.01. The summed E-state index contributed by atoms with van der Waals surface area (Å²) < 4.78 is 11.8. The number of benzene rings is 2. The standard InChI is InChI=1S/C27H27N3O5/c1-34-20-10-6-18(7-11-20)14-15-28-24(31)17-22(19-8-12-21(35-2)13-9-19)25-26(32)29-23-5-3-4-16-30(23)27(25)33/h3-13,16,22,32H,14-15,17H2,1-2H3,(H,28,31). The van der Waals surface area contributed by atoms with Gasteiger partial charge >= 0.3 is 0 Å². The fourth-order valence-electron chi connectivity index (χ4n) is 4.01. The molecule has 0 aliphatic heterocycles. The van der Waals surface area contributed by atoms with Crippen LogP contribution in [-0.2, 0) is 11.2 Å². The van der Waals surface area contributed by atoms with E-state index in [-0.39, 0.29) is 23.8 Å². The van der Waals surface area contributed by atoms with Crippen molar-refractivity contribution in [1.82, 2.24) is 14.7 Å². The van der Waals surface area contributed by atoms with Gasteiger partial charge in [-0.3, -0.25) is 14.0 Å². The summed E-state index contributed by atoms with van der Waals surface area (Å²) in [4.78, 5) is 30.4. The Kier molecular flexibility index (Phi) is 7.30. The molecule has 8 nitrogen and oxygen atoms in total. The van der Waals surface area contributed by atoms with Crippen molar-refractivity contribution in [1.29, 1.82) is 0 Å². The first kappa shape index (κ1) is 23.8. The van der Waals surface area contributed by atoms with Gasteiger partial charge in [0.05, 0.1) is 19.8 Å². The lowest BCUT2D eigenvalue weighted by atomic mass is 9.89. The topological polar surface area (TPSA) is 102 Å². The summed E-state index contributed by atoms with van der Waals surface area (Å²) in [7, 11) is 3.18. The predicted octanol–water partition coefficient (Wildman–Crippen LogP) is 3.30. The Morgan fingerprint density at radius 3 is 2.31 bits per heavy atom. The second-order valence-corrected chi connectivity index (χ2v) is 8.06. The number of ether oxygens (including phenoxy) is 2. The smallest absolute Gasteiger partial charge is 0.265 e. The van der Waals surface area contributed by atoms with E-state index in [4.69, 9.17) is 9.47 Å². The third kappa shape index (κ3) is 5.43. The second-order valence-electron chi connectivity index (χ2n) is 8.06. The molecule has 1 unspecified atom stereocenters. The molecule has 0 fully saturated rings. The van der Waals surface area contributed by atoms with Gasteiger partial charge in [-0.05, 0) is 53.9 Å². The number of methoxy groups -OCH3 is 2. The SMILES string of the molecule is COc1ccc(CCNC(=O)CC(c2ccc(OC)cc2)c2c(O)nc3ccccn3c2=O)cc1. The van der Waals surface area contributed by atoms with E-state index in [9.17, 15) is 14.7 Å². The molecule has 1 amide bonds. The van der Waals surface area contributed by atoms with Gasteiger partial charge in [-0.25, -0.2) is 0 Å². The summed E-state index contributed by atoms with van der Waals surface area (Å²) in [5, 5.41) is 13.6. The Morgan fingerprint density at radius 2 is 1.66 bits per heavy atom. The molecule has 4 rings (SSSR count). The van der Waals surface area contributed by atoms with Gasteiger partial charge in [0.15, 0.2) is 0 Å². The summed E-state index contributed by atoms with van der Waals surface area (Å²) in [6.45, 7) is 0.432. The van der Waals surface area contributed by atoms with Crippen molar-refractivity contribution in [3.05, 3.63) is 100.0 Å². The van der Waals surface area contributed by atoms with Crippen LogP contribution in [0.25, 0.3) is 5.65 Å². The zero-order chi connectivity index (χ0) is 24.8. The van der Waals surface area contributed by atoms with Crippen LogP contribution in [0.1, 0.15) is 29.0 Å². The first-order valence-corrected chi connectivity index (χ1v) is 11.2. The van der Waals surface area contributed by atoms with E-state index < -0.39 is 11.5 Å². The average molecular weight is 474 g/mol. The van der Waals surface area contributed by atoms with Crippen molar-refractivity contribution in [2.24, 2.45) is 0 Å². The van der Waals surface area contributed by atoms with Crippen LogP contribution in [0.4, 0.5) is 0 Å². The Labute approximate surface area is 202 Å². The molecule has 8 heteroatoms. The van der Waals surface area contributed by atoms with Gasteiger partial charge in [0.1, 0.15) is 17.1 Å². The fraction of sp³-hybridized carbons (Fsp3) is 0.222. The summed E-state index contributed by atoms with van der Waals surface area (Å²) in [5.74, 6) is 0.104. The third-order valence-corrected chi connectivity index (χ3v) is 5.90. The number of nitrogens with one attached hydrogen (secondary N) is 1. The Balaban J connectivity index is 1.58. The molecule has 0 bridgehead atoms. The number of fused-ring (bicyclic) bond motifs is 1. The lowest BCUT2D eigenvalue weighted by molar-refractivity contribution is -0.121. The van der Waals surface area contributed by atoms with Crippen molar-refractivity contribution in [2.45, 2.75) is 18.8 Å². The highest BCUT2D eigenvalue weighted by atomic mass is 16.5. The quantitative estimate of drug-likeness (QED) is 0.387. The van der Waals surface area contributed by atoms with Crippen molar-refractivity contribution in [3.8, 4) is 17.4 Å². The molecule has 0 spiro atoms. The zero-order valence-corrected chi connectivity index (χ0v) is 19.6. The normalized spacial score (nSPS) is 11.7. The van der Waals surface area contributed by atoms with Crippen LogP contribution in [0.2, 0.25) is 0 Å². The van der Waals surface area contributed by atoms with E-state index >= 15 is 0 Å². The number of rotatable bonds is 9. The van der Waals surface area contributed by atoms with Gasteiger partial charge in [-0.2, -0.15) is 4.98 Å². The van der Waals surface area contributed by atoms with Crippen molar-refractivity contribution in [2.75, 3.05) is 20.8 Å². The molecule has 2 heterocycles.